The average molecular weight is 500 g/mol. The zero-order valence-electron chi connectivity index (χ0n) is 20.6. The Hall–Kier alpha value is -4.44. The van der Waals surface area contributed by atoms with Crippen LogP contribution < -0.4 is 15.8 Å². The summed E-state index contributed by atoms with van der Waals surface area (Å²) in [5.74, 6) is 1.67. The molecule has 37 heavy (non-hydrogen) atoms. The SMILES string of the molecule is CCn1c(-c2nonc2N)nc2c(-c3ccccc3)ncc(OCCCNCCc3ccc(O)cc3)c21. The first kappa shape index (κ1) is 24.3. The van der Waals surface area contributed by atoms with Gasteiger partial charge in [0.25, 0.3) is 0 Å². The van der Waals surface area contributed by atoms with Crippen LogP contribution in [-0.2, 0) is 13.0 Å². The van der Waals surface area contributed by atoms with Gasteiger partial charge in [0.1, 0.15) is 16.8 Å². The van der Waals surface area contributed by atoms with Crippen LogP contribution in [-0.4, -0.2) is 49.7 Å². The number of pyridine rings is 1. The summed E-state index contributed by atoms with van der Waals surface area (Å²) in [5, 5.41) is 20.5. The van der Waals surface area contributed by atoms with Gasteiger partial charge in [0.05, 0.1) is 18.5 Å². The second-order valence-electron chi connectivity index (χ2n) is 8.58. The number of benzene rings is 2. The minimum atomic E-state index is 0.181. The van der Waals surface area contributed by atoms with E-state index in [1.54, 1.807) is 18.3 Å². The van der Waals surface area contributed by atoms with Crippen molar-refractivity contribution in [1.29, 1.82) is 0 Å². The highest BCUT2D eigenvalue weighted by molar-refractivity contribution is 5.95. The molecule has 10 heteroatoms. The normalized spacial score (nSPS) is 11.3. The lowest BCUT2D eigenvalue weighted by atomic mass is 10.1. The maximum Gasteiger partial charge on any atom is 0.199 e. The van der Waals surface area contributed by atoms with E-state index in [2.05, 4.69) is 15.6 Å². The van der Waals surface area contributed by atoms with Crippen molar-refractivity contribution in [2.75, 3.05) is 25.4 Å². The predicted molar refractivity (Wildman–Crippen MR) is 141 cm³/mol. The summed E-state index contributed by atoms with van der Waals surface area (Å²) in [7, 11) is 0. The number of anilines is 1. The van der Waals surface area contributed by atoms with Crippen molar-refractivity contribution in [1.82, 2.24) is 30.2 Å². The fourth-order valence-electron chi connectivity index (χ4n) is 4.27. The number of nitrogens with two attached hydrogens (primary N) is 1. The van der Waals surface area contributed by atoms with Crippen LogP contribution in [0.1, 0.15) is 18.9 Å². The maximum absolute atomic E-state index is 9.40. The number of hydrogen-bond acceptors (Lipinski definition) is 9. The first-order chi connectivity index (χ1) is 18.2. The van der Waals surface area contributed by atoms with Crippen LogP contribution >= 0.6 is 0 Å². The molecule has 0 amide bonds. The lowest BCUT2D eigenvalue weighted by molar-refractivity contribution is 0.309. The number of aryl methyl sites for hydroxylation is 1. The molecule has 0 fully saturated rings. The fraction of sp³-hybridized carbons (Fsp3) is 0.259. The second-order valence-corrected chi connectivity index (χ2v) is 8.58. The van der Waals surface area contributed by atoms with Crippen LogP contribution in [0.5, 0.6) is 11.5 Å². The zero-order valence-corrected chi connectivity index (χ0v) is 20.6. The number of hydrogen-bond donors (Lipinski definition) is 3. The van der Waals surface area contributed by atoms with Crippen LogP contribution in [0.3, 0.4) is 0 Å². The fourth-order valence-corrected chi connectivity index (χ4v) is 4.27. The van der Waals surface area contributed by atoms with Gasteiger partial charge in [-0.25, -0.2) is 14.6 Å². The summed E-state index contributed by atoms with van der Waals surface area (Å²) < 4.78 is 13.1. The molecule has 5 rings (SSSR count). The van der Waals surface area contributed by atoms with Gasteiger partial charge < -0.3 is 25.5 Å². The Morgan fingerprint density at radius 3 is 2.57 bits per heavy atom. The van der Waals surface area contributed by atoms with Crippen LogP contribution in [0, 0.1) is 0 Å². The molecule has 0 radical (unpaired) electrons. The third kappa shape index (κ3) is 5.24. The molecular formula is C27H29N7O3. The third-order valence-corrected chi connectivity index (χ3v) is 6.11. The average Bonchev–Trinajstić information content (AvgIpc) is 3.52. The van der Waals surface area contributed by atoms with Gasteiger partial charge in [-0.2, -0.15) is 0 Å². The number of nitrogen functional groups attached to an aromatic ring is 1. The van der Waals surface area contributed by atoms with Crippen molar-refractivity contribution in [3.8, 4) is 34.3 Å². The lowest BCUT2D eigenvalue weighted by Gasteiger charge is -2.12. The molecule has 190 valence electrons. The van der Waals surface area contributed by atoms with Crippen molar-refractivity contribution < 1.29 is 14.5 Å². The molecule has 0 saturated carbocycles. The summed E-state index contributed by atoms with van der Waals surface area (Å²) in [6, 6.07) is 17.2. The van der Waals surface area contributed by atoms with E-state index in [1.807, 2.05) is 54.0 Å². The van der Waals surface area contributed by atoms with E-state index >= 15 is 0 Å². The number of imidazole rings is 1. The largest absolute Gasteiger partial charge is 0.508 e. The van der Waals surface area contributed by atoms with Crippen molar-refractivity contribution in [2.45, 2.75) is 26.3 Å². The number of nitrogens with one attached hydrogen (secondary N) is 1. The van der Waals surface area contributed by atoms with Crippen molar-refractivity contribution in [3.05, 3.63) is 66.4 Å². The number of aromatic nitrogens is 5. The molecule has 0 aliphatic carbocycles. The first-order valence-corrected chi connectivity index (χ1v) is 12.3. The van der Waals surface area contributed by atoms with Gasteiger partial charge in [-0.15, -0.1) is 0 Å². The number of rotatable bonds is 11. The van der Waals surface area contributed by atoms with Crippen molar-refractivity contribution in [2.24, 2.45) is 0 Å². The minimum absolute atomic E-state index is 0.181. The highest BCUT2D eigenvalue weighted by Crippen LogP contribution is 2.36. The van der Waals surface area contributed by atoms with E-state index in [-0.39, 0.29) is 11.6 Å². The number of aromatic hydroxyl groups is 1. The van der Waals surface area contributed by atoms with Crippen LogP contribution in [0.25, 0.3) is 33.8 Å². The minimum Gasteiger partial charge on any atom is -0.508 e. The molecular weight excluding hydrogens is 470 g/mol. The molecule has 10 nitrogen and oxygen atoms in total. The van der Waals surface area contributed by atoms with E-state index in [0.717, 1.165) is 42.7 Å². The highest BCUT2D eigenvalue weighted by atomic mass is 16.6. The molecule has 0 bridgehead atoms. The predicted octanol–water partition coefficient (Wildman–Crippen LogP) is 4.06. The lowest BCUT2D eigenvalue weighted by Crippen LogP contribution is -2.20. The molecule has 0 saturated heterocycles. The molecule has 4 N–H and O–H groups in total. The standard InChI is InChI=1S/C27H29N7O3/c1-2-34-25-21(36-16-6-14-29-15-13-18-9-11-20(35)12-10-18)17-30-22(19-7-4-3-5-8-19)23(25)31-27(34)24-26(28)33-37-32-24/h3-5,7-12,17,29,35H,2,6,13-16H2,1H3,(H2,28,33). The monoisotopic (exact) mass is 499 g/mol. The Morgan fingerprint density at radius 2 is 1.84 bits per heavy atom. The molecule has 0 spiro atoms. The first-order valence-electron chi connectivity index (χ1n) is 12.3. The van der Waals surface area contributed by atoms with E-state index in [0.29, 0.717) is 35.9 Å². The van der Waals surface area contributed by atoms with Gasteiger partial charge >= 0.3 is 0 Å². The zero-order chi connectivity index (χ0) is 25.6. The highest BCUT2D eigenvalue weighted by Gasteiger charge is 2.23. The Kier molecular flexibility index (Phi) is 7.27. The molecule has 0 aliphatic heterocycles. The maximum atomic E-state index is 9.40. The summed E-state index contributed by atoms with van der Waals surface area (Å²) in [6.45, 7) is 4.83. The molecule has 3 heterocycles. The van der Waals surface area contributed by atoms with Gasteiger partial charge in [-0.05, 0) is 60.9 Å². The third-order valence-electron chi connectivity index (χ3n) is 6.11. The smallest absolute Gasteiger partial charge is 0.199 e. The number of phenolic OH excluding ortho intramolecular Hbond substituents is 1. The van der Waals surface area contributed by atoms with Crippen LogP contribution in [0.15, 0.2) is 65.4 Å². The number of nitrogens with zero attached hydrogens (tertiary/aromatic N) is 5. The summed E-state index contributed by atoms with van der Waals surface area (Å²) in [4.78, 5) is 9.59. The molecule has 0 unspecified atom stereocenters. The molecule has 5 aromatic rings. The Labute approximate surface area is 214 Å². The molecule has 0 atom stereocenters. The number of phenols is 1. The summed E-state index contributed by atoms with van der Waals surface area (Å²) in [5.41, 5.74) is 10.8. The van der Waals surface area contributed by atoms with Gasteiger partial charge in [0.2, 0.25) is 0 Å². The Morgan fingerprint density at radius 1 is 1.03 bits per heavy atom. The van der Waals surface area contributed by atoms with Crippen molar-refractivity contribution >= 4 is 16.9 Å². The van der Waals surface area contributed by atoms with Gasteiger partial charge in [0, 0.05) is 12.1 Å². The summed E-state index contributed by atoms with van der Waals surface area (Å²) >= 11 is 0. The Bertz CT molecular complexity index is 1460. The Balaban J connectivity index is 1.33. The van der Waals surface area contributed by atoms with E-state index in [4.69, 9.17) is 25.1 Å². The van der Waals surface area contributed by atoms with E-state index in [9.17, 15) is 5.11 Å². The number of fused-ring (bicyclic) bond motifs is 1. The van der Waals surface area contributed by atoms with Gasteiger partial charge in [-0.1, -0.05) is 42.5 Å². The van der Waals surface area contributed by atoms with E-state index in [1.165, 1.54) is 5.56 Å². The van der Waals surface area contributed by atoms with Crippen molar-refractivity contribution in [3.63, 3.8) is 0 Å². The van der Waals surface area contributed by atoms with Gasteiger partial charge in [0.15, 0.2) is 23.1 Å². The second kappa shape index (κ2) is 11.1. The molecule has 0 aliphatic rings. The molecule has 2 aromatic carbocycles. The van der Waals surface area contributed by atoms with Gasteiger partial charge in [-0.3, -0.25) is 0 Å². The summed E-state index contributed by atoms with van der Waals surface area (Å²) in [6.07, 6.45) is 3.47. The number of ether oxygens (including phenoxy) is 1. The van der Waals surface area contributed by atoms with E-state index < -0.39 is 0 Å². The van der Waals surface area contributed by atoms with Crippen LogP contribution in [0.4, 0.5) is 5.82 Å². The molecule has 3 aromatic heterocycles. The topological polar surface area (TPSA) is 137 Å². The quantitative estimate of drug-likeness (QED) is 0.230. The van der Waals surface area contributed by atoms with Crippen LogP contribution in [0.2, 0.25) is 0 Å².